The van der Waals surface area contributed by atoms with Gasteiger partial charge in [-0.2, -0.15) is 0 Å². The third kappa shape index (κ3) is 3.10. The second kappa shape index (κ2) is 7.02. The number of hydrogen-bond acceptors (Lipinski definition) is 4. The summed E-state index contributed by atoms with van der Waals surface area (Å²) in [6.45, 7) is 10.2. The van der Waals surface area contributed by atoms with Crippen LogP contribution in [0.15, 0.2) is 0 Å². The lowest BCUT2D eigenvalue weighted by molar-refractivity contribution is -0.129. The van der Waals surface area contributed by atoms with E-state index in [2.05, 4.69) is 11.8 Å². The van der Waals surface area contributed by atoms with Gasteiger partial charge in [-0.05, 0) is 57.3 Å². The molecule has 26 heavy (non-hydrogen) atoms. The number of amides is 2. The van der Waals surface area contributed by atoms with Crippen LogP contribution in [0.2, 0.25) is 0 Å². The quantitative estimate of drug-likeness (QED) is 0.751. The van der Waals surface area contributed by atoms with Crippen LogP contribution < -0.4 is 0 Å². The summed E-state index contributed by atoms with van der Waals surface area (Å²) < 4.78 is 5.27. The van der Waals surface area contributed by atoms with Crippen molar-refractivity contribution >= 4 is 12.0 Å². The van der Waals surface area contributed by atoms with Crippen LogP contribution >= 0.6 is 0 Å². The standard InChI is InChI=1S/C20H33N3O3/c1-4-21(13(3)24)10-17-18-11-22(12-19(17)18)16-8-14-6-7-15(9-16)23(14)20(25)26-5-2/h14-19H,4-12H2,1-3H3/t14?,15?,16?,17?,18-,19+. The summed E-state index contributed by atoms with van der Waals surface area (Å²) in [5.41, 5.74) is 0. The molecule has 6 nitrogen and oxygen atoms in total. The van der Waals surface area contributed by atoms with E-state index in [0.29, 0.717) is 30.7 Å². The fourth-order valence-electron chi connectivity index (χ4n) is 5.93. The SMILES string of the molecule is CCOC(=O)N1C2CCC1CC(N1C[C@@H]3C(CN(CC)C(C)=O)[C@@H]3C1)C2. The fraction of sp³-hybridized carbons (Fsp3) is 0.900. The average molecular weight is 364 g/mol. The molecule has 2 amide bonds. The summed E-state index contributed by atoms with van der Waals surface area (Å²) in [6.07, 6.45) is 4.37. The maximum atomic E-state index is 12.2. The van der Waals surface area contributed by atoms with Crippen LogP contribution in [0.5, 0.6) is 0 Å². The van der Waals surface area contributed by atoms with Crippen molar-refractivity contribution in [1.82, 2.24) is 14.7 Å². The number of rotatable bonds is 5. The van der Waals surface area contributed by atoms with Gasteiger partial charge in [0.2, 0.25) is 5.91 Å². The molecule has 2 bridgehead atoms. The first-order valence-corrected chi connectivity index (χ1v) is 10.5. The van der Waals surface area contributed by atoms with Crippen LogP contribution in [-0.4, -0.2) is 77.6 Å². The van der Waals surface area contributed by atoms with Crippen molar-refractivity contribution in [3.63, 3.8) is 0 Å². The van der Waals surface area contributed by atoms with Gasteiger partial charge in [-0.25, -0.2) is 4.79 Å². The predicted molar refractivity (Wildman–Crippen MR) is 98.7 cm³/mol. The molecule has 4 rings (SSSR count). The van der Waals surface area contributed by atoms with Gasteiger partial charge in [0.15, 0.2) is 0 Å². The summed E-state index contributed by atoms with van der Waals surface area (Å²) >= 11 is 0. The van der Waals surface area contributed by atoms with Crippen molar-refractivity contribution in [3.8, 4) is 0 Å². The van der Waals surface area contributed by atoms with Gasteiger partial charge in [0.05, 0.1) is 6.61 Å². The Hall–Kier alpha value is -1.30. The zero-order valence-electron chi connectivity index (χ0n) is 16.4. The minimum atomic E-state index is -0.105. The van der Waals surface area contributed by atoms with Crippen LogP contribution in [0.4, 0.5) is 4.79 Å². The summed E-state index contributed by atoms with van der Waals surface area (Å²) in [5, 5.41) is 0. The Balaban J connectivity index is 1.29. The molecule has 6 heteroatoms. The van der Waals surface area contributed by atoms with E-state index < -0.39 is 0 Å². The van der Waals surface area contributed by atoms with Crippen LogP contribution in [-0.2, 0) is 9.53 Å². The molecule has 4 aliphatic rings. The van der Waals surface area contributed by atoms with Crippen molar-refractivity contribution in [2.75, 3.05) is 32.8 Å². The molecule has 0 aromatic carbocycles. The molecule has 3 saturated heterocycles. The molecule has 1 aliphatic carbocycles. The number of nitrogens with zero attached hydrogens (tertiary/aromatic N) is 3. The molecular formula is C20H33N3O3. The lowest BCUT2D eigenvalue weighted by Gasteiger charge is -2.42. The highest BCUT2D eigenvalue weighted by molar-refractivity contribution is 5.73. The van der Waals surface area contributed by atoms with Crippen LogP contribution in [0.3, 0.4) is 0 Å². The first kappa shape index (κ1) is 18.1. The smallest absolute Gasteiger partial charge is 0.410 e. The van der Waals surface area contributed by atoms with Gasteiger partial charge in [0.1, 0.15) is 0 Å². The van der Waals surface area contributed by atoms with Crippen LogP contribution in [0.25, 0.3) is 0 Å². The van der Waals surface area contributed by atoms with E-state index in [9.17, 15) is 9.59 Å². The van der Waals surface area contributed by atoms with E-state index in [1.165, 1.54) is 13.1 Å². The molecule has 0 aromatic heterocycles. The topological polar surface area (TPSA) is 53.1 Å². The van der Waals surface area contributed by atoms with Crippen molar-refractivity contribution < 1.29 is 14.3 Å². The van der Waals surface area contributed by atoms with E-state index in [0.717, 1.165) is 50.6 Å². The molecule has 5 atom stereocenters. The predicted octanol–water partition coefficient (Wildman–Crippen LogP) is 2.18. The molecule has 0 radical (unpaired) electrons. The molecule has 0 aromatic rings. The number of fused-ring (bicyclic) bond motifs is 3. The number of piperidine rings is 2. The summed E-state index contributed by atoms with van der Waals surface area (Å²) in [5.74, 6) is 2.48. The number of likely N-dealkylation sites (tertiary alicyclic amines) is 1. The highest BCUT2D eigenvalue weighted by Crippen LogP contribution is 2.53. The largest absolute Gasteiger partial charge is 0.450 e. The van der Waals surface area contributed by atoms with Crippen molar-refractivity contribution in [2.24, 2.45) is 17.8 Å². The first-order chi connectivity index (χ1) is 12.5. The number of carbonyl (C=O) groups excluding carboxylic acids is 2. The van der Waals surface area contributed by atoms with Crippen LogP contribution in [0.1, 0.15) is 46.5 Å². The van der Waals surface area contributed by atoms with E-state index in [4.69, 9.17) is 4.74 Å². The molecule has 0 N–H and O–H groups in total. The van der Waals surface area contributed by atoms with Crippen molar-refractivity contribution in [1.29, 1.82) is 0 Å². The lowest BCUT2D eigenvalue weighted by atomic mass is 9.96. The molecule has 4 fully saturated rings. The molecule has 3 heterocycles. The molecular weight excluding hydrogens is 330 g/mol. The highest BCUT2D eigenvalue weighted by Gasteiger charge is 2.58. The fourth-order valence-corrected chi connectivity index (χ4v) is 5.93. The molecule has 1 saturated carbocycles. The highest BCUT2D eigenvalue weighted by atomic mass is 16.6. The Morgan fingerprint density at radius 3 is 2.15 bits per heavy atom. The van der Waals surface area contributed by atoms with Crippen LogP contribution in [0, 0.1) is 17.8 Å². The van der Waals surface area contributed by atoms with Gasteiger partial charge in [-0.3, -0.25) is 9.69 Å². The van der Waals surface area contributed by atoms with Crippen molar-refractivity contribution in [3.05, 3.63) is 0 Å². The Kier molecular flexibility index (Phi) is 4.88. The Morgan fingerprint density at radius 1 is 1.04 bits per heavy atom. The number of ether oxygens (including phenoxy) is 1. The van der Waals surface area contributed by atoms with Gasteiger partial charge in [-0.15, -0.1) is 0 Å². The number of carbonyl (C=O) groups is 2. The zero-order valence-corrected chi connectivity index (χ0v) is 16.4. The Morgan fingerprint density at radius 2 is 1.65 bits per heavy atom. The van der Waals surface area contributed by atoms with Crippen molar-refractivity contribution in [2.45, 2.75) is 64.6 Å². The second-order valence-electron chi connectivity index (χ2n) is 8.62. The summed E-state index contributed by atoms with van der Waals surface area (Å²) in [6, 6.07) is 1.37. The van der Waals surface area contributed by atoms with E-state index in [-0.39, 0.29) is 12.0 Å². The van der Waals surface area contributed by atoms with E-state index in [1.54, 1.807) is 6.92 Å². The van der Waals surface area contributed by atoms with E-state index in [1.807, 2.05) is 16.7 Å². The van der Waals surface area contributed by atoms with Gasteiger partial charge in [0, 0.05) is 51.2 Å². The van der Waals surface area contributed by atoms with Gasteiger partial charge in [-0.1, -0.05) is 0 Å². The summed E-state index contributed by atoms with van der Waals surface area (Å²) in [7, 11) is 0. The Bertz CT molecular complexity index is 543. The normalized spacial score (nSPS) is 38.2. The van der Waals surface area contributed by atoms with Gasteiger partial charge >= 0.3 is 6.09 Å². The number of hydrogen-bond donors (Lipinski definition) is 0. The first-order valence-electron chi connectivity index (χ1n) is 10.5. The molecule has 0 spiro atoms. The van der Waals surface area contributed by atoms with E-state index >= 15 is 0 Å². The molecule has 3 unspecified atom stereocenters. The van der Waals surface area contributed by atoms with Gasteiger partial charge in [0.25, 0.3) is 0 Å². The average Bonchev–Trinajstić information content (AvgIpc) is 2.93. The van der Waals surface area contributed by atoms with Gasteiger partial charge < -0.3 is 14.5 Å². The monoisotopic (exact) mass is 363 g/mol. The Labute approximate surface area is 156 Å². The maximum absolute atomic E-state index is 12.2. The summed E-state index contributed by atoms with van der Waals surface area (Å²) in [4.78, 5) is 30.6. The minimum absolute atomic E-state index is 0.105. The third-order valence-electron chi connectivity index (χ3n) is 7.36. The zero-order chi connectivity index (χ0) is 18.4. The lowest BCUT2D eigenvalue weighted by Crippen LogP contribution is -2.52. The molecule has 3 aliphatic heterocycles. The second-order valence-corrected chi connectivity index (χ2v) is 8.62. The minimum Gasteiger partial charge on any atom is -0.450 e. The molecule has 146 valence electrons. The third-order valence-corrected chi connectivity index (χ3v) is 7.36. The maximum Gasteiger partial charge on any atom is 0.410 e.